The van der Waals surface area contributed by atoms with Crippen LogP contribution in [0.3, 0.4) is 0 Å². The molecule has 0 unspecified atom stereocenters. The van der Waals surface area contributed by atoms with Crippen LogP contribution in [0.25, 0.3) is 0 Å². The van der Waals surface area contributed by atoms with E-state index in [1.165, 1.54) is 11.9 Å². The number of carbonyl (C=O) groups is 1. The van der Waals surface area contributed by atoms with Gasteiger partial charge in [0.15, 0.2) is 0 Å². The predicted molar refractivity (Wildman–Crippen MR) is 51.3 cm³/mol. The molecule has 1 aliphatic rings. The second kappa shape index (κ2) is 6.23. The van der Waals surface area contributed by atoms with Gasteiger partial charge in [0.2, 0.25) is 5.91 Å². The van der Waals surface area contributed by atoms with Crippen molar-refractivity contribution >= 4 is 17.9 Å². The predicted octanol–water partition coefficient (Wildman–Crippen LogP) is 0.266. The van der Waals surface area contributed by atoms with Gasteiger partial charge >= 0.3 is 0 Å². The van der Waals surface area contributed by atoms with E-state index in [2.05, 4.69) is 0 Å². The van der Waals surface area contributed by atoms with E-state index in [9.17, 15) is 4.79 Å². The molecule has 0 aliphatic carbocycles. The van der Waals surface area contributed by atoms with Crippen molar-refractivity contribution in [1.82, 2.24) is 4.31 Å². The topological polar surface area (TPSA) is 49.8 Å². The van der Waals surface area contributed by atoms with E-state index < -0.39 is 0 Å². The molecule has 1 heterocycles. The highest BCUT2D eigenvalue weighted by atomic mass is 32.2. The maximum Gasteiger partial charge on any atom is 0.232 e. The Labute approximate surface area is 82.4 Å². The molecule has 0 aromatic carbocycles. The third-order valence-corrected chi connectivity index (χ3v) is 2.79. The average Bonchev–Trinajstić information content (AvgIpc) is 2.52. The van der Waals surface area contributed by atoms with Gasteiger partial charge in [0.05, 0.1) is 19.8 Å². The number of aliphatic hydroxyl groups is 1. The summed E-state index contributed by atoms with van der Waals surface area (Å²) in [5.74, 6) is 1.01. The van der Waals surface area contributed by atoms with Gasteiger partial charge in [0.1, 0.15) is 0 Å². The van der Waals surface area contributed by atoms with Gasteiger partial charge in [-0.05, 0) is 18.4 Å². The molecule has 0 saturated carbocycles. The van der Waals surface area contributed by atoms with Crippen LogP contribution in [0.4, 0.5) is 0 Å². The Hall–Kier alpha value is -0.260. The van der Waals surface area contributed by atoms with E-state index in [-0.39, 0.29) is 12.5 Å². The first-order valence-electron chi connectivity index (χ1n) is 4.46. The smallest absolute Gasteiger partial charge is 0.232 e. The highest BCUT2D eigenvalue weighted by Gasteiger charge is 2.19. The molecule has 0 spiro atoms. The Morgan fingerprint density at radius 2 is 2.38 bits per heavy atom. The van der Waals surface area contributed by atoms with E-state index in [4.69, 9.17) is 9.84 Å². The fourth-order valence-corrected chi connectivity index (χ4v) is 2.04. The average molecular weight is 205 g/mol. The Kier molecular flexibility index (Phi) is 5.19. The first kappa shape index (κ1) is 10.8. The maximum atomic E-state index is 11.1. The number of hydrogen-bond donors (Lipinski definition) is 1. The van der Waals surface area contributed by atoms with E-state index in [1.807, 2.05) is 0 Å². The fourth-order valence-electron chi connectivity index (χ4n) is 1.13. The quantitative estimate of drug-likeness (QED) is 0.499. The van der Waals surface area contributed by atoms with Crippen molar-refractivity contribution in [3.8, 4) is 0 Å². The summed E-state index contributed by atoms with van der Waals surface area (Å²) in [7, 11) is 0. The summed E-state index contributed by atoms with van der Waals surface area (Å²) in [5, 5.41) is 8.42. The molecule has 0 atom stereocenters. The molecule has 4 nitrogen and oxygen atoms in total. The summed E-state index contributed by atoms with van der Waals surface area (Å²) in [6.07, 6.45) is 1.66. The molecule has 0 aromatic heterocycles. The zero-order valence-electron chi connectivity index (χ0n) is 7.57. The van der Waals surface area contributed by atoms with E-state index >= 15 is 0 Å². The number of carbonyl (C=O) groups excluding carboxylic acids is 1. The third kappa shape index (κ3) is 3.97. The zero-order valence-corrected chi connectivity index (χ0v) is 8.39. The molecular weight excluding hydrogens is 190 g/mol. The van der Waals surface area contributed by atoms with Crippen LogP contribution in [-0.2, 0) is 9.53 Å². The van der Waals surface area contributed by atoms with Crippen LogP contribution >= 0.6 is 11.9 Å². The normalized spacial score (nSPS) is 17.0. The van der Waals surface area contributed by atoms with Crippen LogP contribution in [0, 0.1) is 0 Å². The minimum absolute atomic E-state index is 0.0628. The number of rotatable bonds is 6. The van der Waals surface area contributed by atoms with Gasteiger partial charge < -0.3 is 9.84 Å². The lowest BCUT2D eigenvalue weighted by Gasteiger charge is -2.13. The number of amides is 1. The summed E-state index contributed by atoms with van der Waals surface area (Å²) < 4.78 is 6.86. The molecule has 5 heteroatoms. The Morgan fingerprint density at radius 1 is 1.54 bits per heavy atom. The van der Waals surface area contributed by atoms with Gasteiger partial charge in [-0.25, -0.2) is 0 Å². The summed E-state index contributed by atoms with van der Waals surface area (Å²) >= 11 is 1.52. The highest BCUT2D eigenvalue weighted by molar-refractivity contribution is 7.97. The number of hydrogen-bond acceptors (Lipinski definition) is 4. The summed E-state index contributed by atoms with van der Waals surface area (Å²) in [6.45, 7) is 1.90. The standard InChI is InChI=1S/C8H15NO3S/c10-4-5-12-6-7-13-9-3-1-2-8(9)11/h10H,1-7H2. The Balaban J connectivity index is 1.96. The fraction of sp³-hybridized carbons (Fsp3) is 0.875. The molecule has 13 heavy (non-hydrogen) atoms. The van der Waals surface area contributed by atoms with Crippen LogP contribution in [0.2, 0.25) is 0 Å². The molecule has 1 saturated heterocycles. The van der Waals surface area contributed by atoms with Crippen LogP contribution < -0.4 is 0 Å². The molecule has 1 rings (SSSR count). The largest absolute Gasteiger partial charge is 0.394 e. The monoisotopic (exact) mass is 205 g/mol. The van der Waals surface area contributed by atoms with Gasteiger partial charge in [0, 0.05) is 18.7 Å². The molecule has 1 aliphatic heterocycles. The first-order valence-corrected chi connectivity index (χ1v) is 5.40. The SMILES string of the molecule is O=C1CCCN1SCCOCCO. The van der Waals surface area contributed by atoms with Crippen molar-refractivity contribution in [2.45, 2.75) is 12.8 Å². The lowest BCUT2D eigenvalue weighted by molar-refractivity contribution is -0.123. The maximum absolute atomic E-state index is 11.1. The second-order valence-corrected chi connectivity index (χ2v) is 3.88. The van der Waals surface area contributed by atoms with E-state index in [0.717, 1.165) is 18.7 Å². The van der Waals surface area contributed by atoms with Crippen molar-refractivity contribution in [3.63, 3.8) is 0 Å². The van der Waals surface area contributed by atoms with Gasteiger partial charge in [-0.3, -0.25) is 9.10 Å². The molecule has 1 amide bonds. The van der Waals surface area contributed by atoms with Crippen LogP contribution in [-0.4, -0.2) is 47.4 Å². The van der Waals surface area contributed by atoms with Crippen molar-refractivity contribution < 1.29 is 14.6 Å². The molecule has 1 fully saturated rings. The number of ether oxygens (including phenoxy) is 1. The third-order valence-electron chi connectivity index (χ3n) is 1.74. The minimum Gasteiger partial charge on any atom is -0.394 e. The lowest BCUT2D eigenvalue weighted by Crippen LogP contribution is -2.17. The Bertz CT molecular complexity index is 165. The minimum atomic E-state index is 0.0628. The molecule has 76 valence electrons. The van der Waals surface area contributed by atoms with Gasteiger partial charge in [-0.1, -0.05) is 0 Å². The van der Waals surface area contributed by atoms with Crippen LogP contribution in [0.15, 0.2) is 0 Å². The van der Waals surface area contributed by atoms with Gasteiger partial charge in [-0.15, -0.1) is 0 Å². The molecule has 1 N–H and O–H groups in total. The van der Waals surface area contributed by atoms with Gasteiger partial charge in [-0.2, -0.15) is 0 Å². The lowest BCUT2D eigenvalue weighted by atomic mass is 10.4. The highest BCUT2D eigenvalue weighted by Crippen LogP contribution is 2.19. The Morgan fingerprint density at radius 3 is 3.00 bits per heavy atom. The van der Waals surface area contributed by atoms with Crippen molar-refractivity contribution in [1.29, 1.82) is 0 Å². The molecular formula is C8H15NO3S. The van der Waals surface area contributed by atoms with Crippen molar-refractivity contribution in [3.05, 3.63) is 0 Å². The second-order valence-electron chi connectivity index (χ2n) is 2.77. The summed E-state index contributed by atoms with van der Waals surface area (Å²) in [6, 6.07) is 0. The van der Waals surface area contributed by atoms with Gasteiger partial charge in [0.25, 0.3) is 0 Å². The van der Waals surface area contributed by atoms with E-state index in [1.54, 1.807) is 4.31 Å². The number of nitrogens with zero attached hydrogens (tertiary/aromatic N) is 1. The summed E-state index contributed by atoms with van der Waals surface area (Å²) in [4.78, 5) is 11.1. The van der Waals surface area contributed by atoms with Crippen LogP contribution in [0.5, 0.6) is 0 Å². The molecule has 0 bridgehead atoms. The van der Waals surface area contributed by atoms with E-state index in [0.29, 0.717) is 19.6 Å². The molecule has 0 aromatic rings. The molecule has 0 radical (unpaired) electrons. The van der Waals surface area contributed by atoms with Crippen molar-refractivity contribution in [2.75, 3.05) is 32.1 Å². The zero-order chi connectivity index (χ0) is 9.52. The number of aliphatic hydroxyl groups excluding tert-OH is 1. The van der Waals surface area contributed by atoms with Crippen molar-refractivity contribution in [2.24, 2.45) is 0 Å². The summed E-state index contributed by atoms with van der Waals surface area (Å²) in [5.41, 5.74) is 0. The van der Waals surface area contributed by atoms with Crippen LogP contribution in [0.1, 0.15) is 12.8 Å². The first-order chi connectivity index (χ1) is 6.34.